The molecule has 2 aromatic carbocycles. The largest absolute Gasteiger partial charge is 0.487 e. The third-order valence-corrected chi connectivity index (χ3v) is 7.11. The molecule has 4 rings (SSSR count). The summed E-state index contributed by atoms with van der Waals surface area (Å²) in [6, 6.07) is 14.3. The maximum atomic E-state index is 12.8. The Hall–Kier alpha value is -2.42. The molecule has 9 heteroatoms. The number of nitrogens with zero attached hydrogens (tertiary/aromatic N) is 4. The van der Waals surface area contributed by atoms with Gasteiger partial charge in [0.25, 0.3) is 0 Å². The Labute approximate surface area is 168 Å². The molecule has 1 fully saturated rings. The summed E-state index contributed by atoms with van der Waals surface area (Å²) in [4.78, 5) is 0.244. The van der Waals surface area contributed by atoms with Crippen molar-refractivity contribution in [3.63, 3.8) is 0 Å². The van der Waals surface area contributed by atoms with Crippen molar-refractivity contribution in [2.45, 2.75) is 24.5 Å². The van der Waals surface area contributed by atoms with E-state index in [1.807, 2.05) is 30.3 Å². The van der Waals surface area contributed by atoms with Gasteiger partial charge in [-0.1, -0.05) is 41.1 Å². The Morgan fingerprint density at radius 2 is 1.89 bits per heavy atom. The van der Waals surface area contributed by atoms with Gasteiger partial charge < -0.3 is 4.74 Å². The summed E-state index contributed by atoms with van der Waals surface area (Å²) in [6.45, 7) is 2.70. The van der Waals surface area contributed by atoms with E-state index in [0.29, 0.717) is 36.0 Å². The highest BCUT2D eigenvalue weighted by molar-refractivity contribution is 7.89. The second kappa shape index (κ2) is 7.54. The standard InChI is InChI=1S/C19H19ClN4O3S/c1-14-18(20)8-5-9-19(14)28(25,26)23-11-16(12-23)24-10-15(21-22-24)13-27-17-6-3-2-4-7-17/h2-10,16H,11-13H2,1H3. The fourth-order valence-electron chi connectivity index (χ4n) is 3.02. The van der Waals surface area contributed by atoms with Gasteiger partial charge in [0.2, 0.25) is 10.0 Å². The Bertz CT molecular complexity index is 1080. The third kappa shape index (κ3) is 3.63. The summed E-state index contributed by atoms with van der Waals surface area (Å²) in [5, 5.41) is 8.67. The summed E-state index contributed by atoms with van der Waals surface area (Å²) >= 11 is 6.07. The number of sulfonamides is 1. The fraction of sp³-hybridized carbons (Fsp3) is 0.263. The molecule has 0 radical (unpaired) electrons. The first kappa shape index (κ1) is 18.9. The van der Waals surface area contributed by atoms with Crippen molar-refractivity contribution >= 4 is 21.6 Å². The number of hydrogen-bond acceptors (Lipinski definition) is 5. The van der Waals surface area contributed by atoms with E-state index in [2.05, 4.69) is 10.3 Å². The highest BCUT2D eigenvalue weighted by Crippen LogP contribution is 2.31. The molecule has 0 aliphatic carbocycles. The number of benzene rings is 2. The van der Waals surface area contributed by atoms with Crippen LogP contribution in [-0.2, 0) is 16.6 Å². The van der Waals surface area contributed by atoms with Gasteiger partial charge in [0, 0.05) is 18.1 Å². The zero-order valence-corrected chi connectivity index (χ0v) is 16.8. The van der Waals surface area contributed by atoms with Crippen LogP contribution in [0.25, 0.3) is 0 Å². The first-order valence-electron chi connectivity index (χ1n) is 8.79. The van der Waals surface area contributed by atoms with Gasteiger partial charge >= 0.3 is 0 Å². The van der Waals surface area contributed by atoms with Crippen LogP contribution in [0.2, 0.25) is 5.02 Å². The van der Waals surface area contributed by atoms with Crippen LogP contribution in [0.1, 0.15) is 17.3 Å². The number of rotatable bonds is 6. The minimum Gasteiger partial charge on any atom is -0.487 e. The van der Waals surface area contributed by atoms with E-state index in [1.165, 1.54) is 4.31 Å². The van der Waals surface area contributed by atoms with Crippen LogP contribution in [0.5, 0.6) is 5.75 Å². The van der Waals surface area contributed by atoms with Crippen LogP contribution in [-0.4, -0.2) is 40.8 Å². The Kier molecular flexibility index (Phi) is 5.09. The molecular formula is C19H19ClN4O3S. The number of ether oxygens (including phenoxy) is 1. The first-order valence-corrected chi connectivity index (χ1v) is 10.6. The van der Waals surface area contributed by atoms with Crippen molar-refractivity contribution in [3.05, 3.63) is 71.0 Å². The first-order chi connectivity index (χ1) is 13.4. The maximum Gasteiger partial charge on any atom is 0.243 e. The van der Waals surface area contributed by atoms with Crippen molar-refractivity contribution in [1.29, 1.82) is 0 Å². The molecule has 0 atom stereocenters. The molecule has 7 nitrogen and oxygen atoms in total. The molecule has 0 bridgehead atoms. The van der Waals surface area contributed by atoms with E-state index in [9.17, 15) is 8.42 Å². The second-order valence-corrected chi connectivity index (χ2v) is 8.94. The molecule has 0 N–H and O–H groups in total. The van der Waals surface area contributed by atoms with Gasteiger partial charge in [0.1, 0.15) is 18.1 Å². The van der Waals surface area contributed by atoms with Crippen molar-refractivity contribution in [2.75, 3.05) is 13.1 Å². The molecule has 1 aliphatic heterocycles. The van der Waals surface area contributed by atoms with Gasteiger partial charge in [-0.15, -0.1) is 5.10 Å². The Morgan fingerprint density at radius 3 is 2.64 bits per heavy atom. The molecule has 146 valence electrons. The van der Waals surface area contributed by atoms with E-state index in [-0.39, 0.29) is 10.9 Å². The number of aromatic nitrogens is 3. The topological polar surface area (TPSA) is 77.3 Å². The minimum atomic E-state index is -3.57. The van der Waals surface area contributed by atoms with Gasteiger partial charge in [-0.25, -0.2) is 13.1 Å². The van der Waals surface area contributed by atoms with Gasteiger partial charge in [-0.2, -0.15) is 4.31 Å². The molecule has 3 aromatic rings. The predicted molar refractivity (Wildman–Crippen MR) is 105 cm³/mol. The van der Waals surface area contributed by atoms with E-state index < -0.39 is 10.0 Å². The average molecular weight is 419 g/mol. The summed E-state index contributed by atoms with van der Waals surface area (Å²) in [6.07, 6.45) is 1.79. The lowest BCUT2D eigenvalue weighted by Crippen LogP contribution is -2.50. The summed E-state index contributed by atoms with van der Waals surface area (Å²) in [5.74, 6) is 0.759. The lowest BCUT2D eigenvalue weighted by Gasteiger charge is -2.37. The van der Waals surface area contributed by atoms with Crippen molar-refractivity contribution in [1.82, 2.24) is 19.3 Å². The quantitative estimate of drug-likeness (QED) is 0.614. The molecule has 1 saturated heterocycles. The Balaban J connectivity index is 1.39. The summed E-state index contributed by atoms with van der Waals surface area (Å²) in [7, 11) is -3.57. The van der Waals surface area contributed by atoms with Crippen LogP contribution >= 0.6 is 11.6 Å². The number of para-hydroxylation sites is 1. The van der Waals surface area contributed by atoms with Gasteiger partial charge in [0.05, 0.1) is 17.1 Å². The molecule has 0 saturated carbocycles. The molecule has 1 aromatic heterocycles. The van der Waals surface area contributed by atoms with Gasteiger partial charge in [-0.05, 0) is 36.8 Å². The van der Waals surface area contributed by atoms with Crippen molar-refractivity contribution in [3.8, 4) is 5.75 Å². The molecule has 0 amide bonds. The molecular weight excluding hydrogens is 400 g/mol. The maximum absolute atomic E-state index is 12.8. The fourth-order valence-corrected chi connectivity index (χ4v) is 5.01. The van der Waals surface area contributed by atoms with Crippen LogP contribution < -0.4 is 4.74 Å². The SMILES string of the molecule is Cc1c(Cl)cccc1S(=O)(=O)N1CC(n2cc(COc3ccccc3)nn2)C1. The molecule has 0 unspecified atom stereocenters. The summed E-state index contributed by atoms with van der Waals surface area (Å²) in [5.41, 5.74) is 1.25. The van der Waals surface area contributed by atoms with Crippen LogP contribution in [0.15, 0.2) is 59.6 Å². The summed E-state index contributed by atoms with van der Waals surface area (Å²) < 4.78 is 34.4. The highest BCUT2D eigenvalue weighted by Gasteiger charge is 2.39. The normalized spacial score (nSPS) is 15.4. The molecule has 1 aliphatic rings. The van der Waals surface area contributed by atoms with Crippen molar-refractivity contribution in [2.24, 2.45) is 0 Å². The van der Waals surface area contributed by atoms with E-state index in [4.69, 9.17) is 16.3 Å². The number of hydrogen-bond donors (Lipinski definition) is 0. The monoisotopic (exact) mass is 418 g/mol. The number of halogens is 1. The van der Waals surface area contributed by atoms with E-state index in [0.717, 1.165) is 5.75 Å². The smallest absolute Gasteiger partial charge is 0.243 e. The Morgan fingerprint density at radius 1 is 1.14 bits per heavy atom. The van der Waals surface area contributed by atoms with Crippen LogP contribution in [0.4, 0.5) is 0 Å². The molecule has 28 heavy (non-hydrogen) atoms. The zero-order chi connectivity index (χ0) is 19.7. The molecule has 2 heterocycles. The minimum absolute atomic E-state index is 0.0489. The van der Waals surface area contributed by atoms with Gasteiger partial charge in [-0.3, -0.25) is 0 Å². The lowest BCUT2D eigenvalue weighted by atomic mass is 10.2. The van der Waals surface area contributed by atoms with E-state index in [1.54, 1.807) is 36.0 Å². The van der Waals surface area contributed by atoms with Crippen LogP contribution in [0.3, 0.4) is 0 Å². The zero-order valence-electron chi connectivity index (χ0n) is 15.2. The predicted octanol–water partition coefficient (Wildman–Crippen LogP) is 3.06. The lowest BCUT2D eigenvalue weighted by molar-refractivity contribution is 0.188. The third-order valence-electron chi connectivity index (χ3n) is 4.73. The molecule has 0 spiro atoms. The average Bonchev–Trinajstić information content (AvgIpc) is 3.10. The second-order valence-electron chi connectivity index (χ2n) is 6.63. The van der Waals surface area contributed by atoms with Crippen LogP contribution in [0, 0.1) is 6.92 Å². The van der Waals surface area contributed by atoms with Crippen molar-refractivity contribution < 1.29 is 13.2 Å². The van der Waals surface area contributed by atoms with E-state index >= 15 is 0 Å². The van der Waals surface area contributed by atoms with Gasteiger partial charge in [0.15, 0.2) is 0 Å². The highest BCUT2D eigenvalue weighted by atomic mass is 35.5.